The molecule has 30 heavy (non-hydrogen) atoms. The molecule has 1 heterocycles. The first-order chi connectivity index (χ1) is 13.5. The lowest BCUT2D eigenvalue weighted by Gasteiger charge is -2.40. The van der Waals surface area contributed by atoms with Crippen molar-refractivity contribution in [1.82, 2.24) is 9.13 Å². The van der Waals surface area contributed by atoms with Gasteiger partial charge in [0.15, 0.2) is 0 Å². The third-order valence-corrected chi connectivity index (χ3v) is 5.47. The van der Waals surface area contributed by atoms with E-state index < -0.39 is 5.54 Å². The minimum absolute atomic E-state index is 0.138. The second-order valence-corrected chi connectivity index (χ2v) is 10.8. The summed E-state index contributed by atoms with van der Waals surface area (Å²) in [6.07, 6.45) is 4.64. The molecule has 1 rings (SSSR count). The van der Waals surface area contributed by atoms with Crippen molar-refractivity contribution in [2.75, 3.05) is 0 Å². The van der Waals surface area contributed by atoms with E-state index in [-0.39, 0.29) is 28.2 Å². The maximum absolute atomic E-state index is 13.8. The van der Waals surface area contributed by atoms with Gasteiger partial charge >= 0.3 is 5.69 Å². The Bertz CT molecular complexity index is 1040. The molecule has 0 N–H and O–H groups in total. The van der Waals surface area contributed by atoms with Gasteiger partial charge in [-0.3, -0.25) is 13.9 Å². The van der Waals surface area contributed by atoms with E-state index in [1.54, 1.807) is 22.8 Å². The first-order valence-corrected chi connectivity index (χ1v) is 10.5. The highest BCUT2D eigenvalue weighted by atomic mass is 16.5. The van der Waals surface area contributed by atoms with E-state index >= 15 is 0 Å². The quantitative estimate of drug-likeness (QED) is 0.713. The van der Waals surface area contributed by atoms with Crippen molar-refractivity contribution in [3.63, 3.8) is 0 Å². The summed E-state index contributed by atoms with van der Waals surface area (Å²) in [6, 6.07) is 0. The van der Waals surface area contributed by atoms with Gasteiger partial charge in [-0.05, 0) is 50.7 Å². The van der Waals surface area contributed by atoms with Gasteiger partial charge in [0.1, 0.15) is 11.1 Å². The van der Waals surface area contributed by atoms with Gasteiger partial charge in [-0.1, -0.05) is 60.8 Å². The molecule has 1 aromatic heterocycles. The average Bonchev–Trinajstić information content (AvgIpc) is 2.55. The van der Waals surface area contributed by atoms with Gasteiger partial charge in [-0.25, -0.2) is 4.79 Å². The molecule has 0 saturated carbocycles. The Morgan fingerprint density at radius 2 is 1.57 bits per heavy atom. The van der Waals surface area contributed by atoms with Crippen LogP contribution in [0.2, 0.25) is 0 Å². The van der Waals surface area contributed by atoms with Gasteiger partial charge in [0.25, 0.3) is 5.56 Å². The Kier molecular flexibility index (Phi) is 7.57. The van der Waals surface area contributed by atoms with Crippen molar-refractivity contribution in [1.29, 1.82) is 0 Å². The van der Waals surface area contributed by atoms with Crippen molar-refractivity contribution in [2.24, 2.45) is 10.8 Å². The Morgan fingerprint density at radius 3 is 1.93 bits per heavy atom. The first kappa shape index (κ1) is 25.7. The summed E-state index contributed by atoms with van der Waals surface area (Å²) in [5.41, 5.74) is -1.97. The summed E-state index contributed by atoms with van der Waals surface area (Å²) < 4.78 is 9.01. The summed E-state index contributed by atoms with van der Waals surface area (Å²) in [4.78, 5) is 27.5. The molecule has 0 aliphatic rings. The molecule has 0 amide bonds. The number of hydrogen-bond donors (Lipinski definition) is 0. The molecule has 5 heteroatoms. The van der Waals surface area contributed by atoms with Crippen LogP contribution in [0.4, 0.5) is 0 Å². The smallest absolute Gasteiger partial charge is 0.332 e. The molecule has 0 spiro atoms. The third-order valence-electron chi connectivity index (χ3n) is 5.47. The molecule has 0 aliphatic carbocycles. The maximum Gasteiger partial charge on any atom is 0.332 e. The van der Waals surface area contributed by atoms with Gasteiger partial charge in [-0.15, -0.1) is 0 Å². The van der Waals surface area contributed by atoms with Gasteiger partial charge in [0, 0.05) is 6.54 Å². The molecule has 168 valence electrons. The fraction of sp³-hybridized carbons (Fsp3) is 0.600. The standard InChI is InChI=1S/C25H40N2O3/c1-13-15-18-20(19(14-2)30-17(3)4)26(16-23(5,6)7)22(29)27(21(18)28)25(11,12)24(8,9)10/h13-15,17H,1-2,16H2,3-12H3/b18-15+,20-19-. The number of ether oxygens (including phenoxy) is 1. The highest BCUT2D eigenvalue weighted by molar-refractivity contribution is 5.49. The summed E-state index contributed by atoms with van der Waals surface area (Å²) in [5.74, 6) is 0.414. The third kappa shape index (κ3) is 5.24. The van der Waals surface area contributed by atoms with E-state index in [0.717, 1.165) is 0 Å². The normalized spacial score (nSPS) is 14.7. The number of nitrogens with zero attached hydrogens (tertiary/aromatic N) is 2. The second-order valence-electron chi connectivity index (χ2n) is 10.8. The SMILES string of the molecule is C=C/C=c1/c(=O)n(C(C)(C)C(C)(C)C)c(=O)n(CC(C)(C)C)/c1=C(/C=C)OC(C)C. The Balaban J connectivity index is 4.52. The average molecular weight is 417 g/mol. The fourth-order valence-corrected chi connectivity index (χ4v) is 3.11. The van der Waals surface area contributed by atoms with E-state index in [2.05, 4.69) is 33.9 Å². The Labute approximate surface area is 181 Å². The molecular formula is C25H40N2O3. The zero-order valence-corrected chi connectivity index (χ0v) is 20.5. The molecule has 5 nitrogen and oxygen atoms in total. The van der Waals surface area contributed by atoms with Crippen molar-refractivity contribution in [3.05, 3.63) is 56.7 Å². The van der Waals surface area contributed by atoms with E-state index in [0.29, 0.717) is 22.9 Å². The number of hydrogen-bond acceptors (Lipinski definition) is 3. The second kappa shape index (κ2) is 8.83. The van der Waals surface area contributed by atoms with Crippen LogP contribution in [0.1, 0.15) is 69.2 Å². The van der Waals surface area contributed by atoms with E-state index in [9.17, 15) is 9.59 Å². The molecular weight excluding hydrogens is 376 g/mol. The van der Waals surface area contributed by atoms with Gasteiger partial charge < -0.3 is 4.74 Å². The topological polar surface area (TPSA) is 53.2 Å². The van der Waals surface area contributed by atoms with Gasteiger partial charge in [0.05, 0.1) is 16.9 Å². The summed E-state index contributed by atoms with van der Waals surface area (Å²) >= 11 is 0. The molecule has 0 fully saturated rings. The van der Waals surface area contributed by atoms with Crippen molar-refractivity contribution in [3.8, 4) is 0 Å². The number of allylic oxidation sites excluding steroid dienone is 1. The lowest BCUT2D eigenvalue weighted by atomic mass is 9.76. The molecule has 0 atom stereocenters. The van der Waals surface area contributed by atoms with Crippen LogP contribution < -0.4 is 21.8 Å². The molecule has 1 aromatic rings. The monoisotopic (exact) mass is 416 g/mol. The van der Waals surface area contributed by atoms with Crippen molar-refractivity contribution < 1.29 is 4.74 Å². The lowest BCUT2D eigenvalue weighted by molar-refractivity contribution is 0.124. The predicted molar refractivity (Wildman–Crippen MR) is 127 cm³/mol. The Morgan fingerprint density at radius 1 is 1.03 bits per heavy atom. The van der Waals surface area contributed by atoms with Gasteiger partial charge in [-0.2, -0.15) is 0 Å². The minimum Gasteiger partial charge on any atom is -0.489 e. The van der Waals surface area contributed by atoms with Crippen LogP contribution in [0.15, 0.2) is 34.9 Å². The molecule has 0 aromatic carbocycles. The predicted octanol–water partition coefficient (Wildman–Crippen LogP) is 3.52. The van der Waals surface area contributed by atoms with E-state index in [4.69, 9.17) is 4.74 Å². The van der Waals surface area contributed by atoms with Gasteiger partial charge in [0.2, 0.25) is 0 Å². The summed E-state index contributed by atoms with van der Waals surface area (Å²) in [7, 11) is 0. The van der Waals surface area contributed by atoms with Crippen LogP contribution in [-0.4, -0.2) is 15.2 Å². The van der Waals surface area contributed by atoms with Crippen LogP contribution in [0.3, 0.4) is 0 Å². The number of aromatic nitrogens is 2. The largest absolute Gasteiger partial charge is 0.489 e. The molecule has 0 radical (unpaired) electrons. The lowest BCUT2D eigenvalue weighted by Crippen LogP contribution is -2.65. The Hall–Kier alpha value is -2.30. The highest BCUT2D eigenvalue weighted by Gasteiger charge is 2.38. The van der Waals surface area contributed by atoms with Crippen LogP contribution in [0.25, 0.3) is 11.8 Å². The van der Waals surface area contributed by atoms with Crippen LogP contribution in [0.5, 0.6) is 0 Å². The van der Waals surface area contributed by atoms with Crippen LogP contribution >= 0.6 is 0 Å². The first-order valence-electron chi connectivity index (χ1n) is 10.5. The molecule has 0 aliphatic heterocycles. The summed E-state index contributed by atoms with van der Waals surface area (Å²) in [5, 5.41) is 0.825. The zero-order chi connectivity index (χ0) is 23.7. The number of rotatable bonds is 6. The van der Waals surface area contributed by atoms with E-state index in [1.807, 2.05) is 48.5 Å². The van der Waals surface area contributed by atoms with Crippen molar-refractivity contribution in [2.45, 2.75) is 87.4 Å². The summed E-state index contributed by atoms with van der Waals surface area (Å²) in [6.45, 7) is 28.0. The van der Waals surface area contributed by atoms with Crippen LogP contribution in [0, 0.1) is 10.8 Å². The van der Waals surface area contributed by atoms with E-state index in [1.165, 1.54) is 4.57 Å². The molecule has 0 unspecified atom stereocenters. The highest BCUT2D eigenvalue weighted by Crippen LogP contribution is 2.34. The van der Waals surface area contributed by atoms with Crippen LogP contribution in [-0.2, 0) is 16.8 Å². The van der Waals surface area contributed by atoms with Crippen molar-refractivity contribution >= 4 is 11.8 Å². The zero-order valence-electron chi connectivity index (χ0n) is 20.5. The minimum atomic E-state index is -0.726. The molecule has 0 bridgehead atoms. The fourth-order valence-electron chi connectivity index (χ4n) is 3.11. The molecule has 0 saturated heterocycles. The maximum atomic E-state index is 13.8.